The van der Waals surface area contributed by atoms with Gasteiger partial charge in [-0.25, -0.2) is 26.0 Å². The minimum Gasteiger partial charge on any atom is -0.419 e. The van der Waals surface area contributed by atoms with Crippen LogP contribution in [0.5, 0.6) is 0 Å². The van der Waals surface area contributed by atoms with Gasteiger partial charge in [0.05, 0.1) is 0 Å². The molecule has 0 aliphatic rings. The van der Waals surface area contributed by atoms with E-state index in [0.717, 1.165) is 0 Å². The summed E-state index contributed by atoms with van der Waals surface area (Å²) in [5, 5.41) is 0. The van der Waals surface area contributed by atoms with Crippen LogP contribution in [0.1, 0.15) is 0 Å². The monoisotopic (exact) mass is 444 g/mol. The van der Waals surface area contributed by atoms with Crippen LogP contribution in [0.4, 0.5) is 26.3 Å². The van der Waals surface area contributed by atoms with Crippen molar-refractivity contribution in [1.82, 2.24) is 0 Å². The fraction of sp³-hybridized carbons (Fsp3) is 1.00. The summed E-state index contributed by atoms with van der Waals surface area (Å²) in [5.41, 5.74) is 0. The number of alkyl halides is 6. The number of hydrogen-bond acceptors (Lipinski definition) is 8. The van der Waals surface area contributed by atoms with E-state index in [4.69, 9.17) is 16.8 Å². The molecule has 0 aliphatic heterocycles. The van der Waals surface area contributed by atoms with Crippen molar-refractivity contribution in [1.29, 1.82) is 0 Å². The van der Waals surface area contributed by atoms with Gasteiger partial charge in [-0.05, 0) is 21.4 Å². The smallest absolute Gasteiger partial charge is 0.419 e. The van der Waals surface area contributed by atoms with Gasteiger partial charge in [-0.3, -0.25) is 0 Å². The van der Waals surface area contributed by atoms with E-state index in [1.807, 2.05) is 0 Å². The van der Waals surface area contributed by atoms with Gasteiger partial charge in [0.1, 0.15) is 0 Å². The molecule has 0 bridgehead atoms. The summed E-state index contributed by atoms with van der Waals surface area (Å²) in [4.78, 5) is 0. The molecule has 0 fully saturated rings. The van der Waals surface area contributed by atoms with E-state index >= 15 is 0 Å². The van der Waals surface area contributed by atoms with E-state index in [9.17, 15) is 34.8 Å². The Kier molecular flexibility index (Phi) is 20.4. The average Bonchev–Trinajstić information content (AvgIpc) is 2.17. The van der Waals surface area contributed by atoms with Crippen LogP contribution >= 0.6 is 10.7 Å². The molecule has 0 aromatic heterocycles. The van der Waals surface area contributed by atoms with E-state index in [1.54, 1.807) is 0 Å². The first-order valence-corrected chi connectivity index (χ1v) is 7.82. The molecule has 0 spiro atoms. The third-order valence-electron chi connectivity index (χ3n) is 0.504. The molecule has 0 heterocycles. The molecule has 0 unspecified atom stereocenters. The van der Waals surface area contributed by atoms with E-state index in [1.165, 1.54) is 0 Å². The zero-order valence-corrected chi connectivity index (χ0v) is 14.9. The summed E-state index contributed by atoms with van der Waals surface area (Å²) < 4.78 is 118. The Balaban J connectivity index is -0.0000000941. The van der Waals surface area contributed by atoms with Gasteiger partial charge in [-0.2, -0.15) is 8.78 Å². The Morgan fingerprint density at radius 2 is 0.850 bits per heavy atom. The van der Waals surface area contributed by atoms with Gasteiger partial charge in [0.2, 0.25) is 11.5 Å². The van der Waals surface area contributed by atoms with Crippen LogP contribution in [0.15, 0.2) is 0 Å². The number of rotatable bonds is 3. The zero-order valence-electron chi connectivity index (χ0n) is 8.76. The van der Waals surface area contributed by atoms with Crippen molar-refractivity contribution in [2.24, 2.45) is 0 Å². The van der Waals surface area contributed by atoms with E-state index < -0.39 is 47.7 Å². The molecule has 0 aromatic carbocycles. The largest absolute Gasteiger partial charge is 2.00 e. The summed E-state index contributed by atoms with van der Waals surface area (Å²) in [5.74, 6) is -9.93. The molecule has 0 aliphatic carbocycles. The molecule has 0 saturated heterocycles. The molecule has 0 amide bonds. The Morgan fingerprint density at radius 1 is 0.750 bits per heavy atom. The SMILES string of the molecule is O=S(=O)(Cl)C(F)F.O=[S-](=O)C(F)F.O=[S-](=O)C(F)F.[Zn+2]. The van der Waals surface area contributed by atoms with Crippen molar-refractivity contribution in [2.75, 3.05) is 0 Å². The predicted molar refractivity (Wildman–Crippen MR) is 50.3 cm³/mol. The van der Waals surface area contributed by atoms with Crippen LogP contribution < -0.4 is 0 Å². The Bertz CT molecular complexity index is 432. The molecule has 0 rings (SSSR count). The molecule has 17 heteroatoms. The molecule has 0 aromatic rings. The second-order valence-corrected chi connectivity index (χ2v) is 6.13. The van der Waals surface area contributed by atoms with Crippen LogP contribution in [0.25, 0.3) is 0 Å². The number of halogens is 7. The maximum atomic E-state index is 10.8. The molecule has 20 heavy (non-hydrogen) atoms. The van der Waals surface area contributed by atoms with Crippen molar-refractivity contribution >= 4 is 41.1 Å². The summed E-state index contributed by atoms with van der Waals surface area (Å²) in [7, 11) is -6.91. The van der Waals surface area contributed by atoms with Crippen molar-refractivity contribution in [3.05, 3.63) is 0 Å². The Labute approximate surface area is 129 Å². The first-order chi connectivity index (χ1) is 8.23. The standard InChI is InChI=1S/CHClF2O2S.2CHF2O2S.Zn/c2-7(5,6)1(3)4;2*2-1(3)6(4)5;/h1H;2*1H;/q;2*-1;+2. The third-order valence-corrected chi connectivity index (χ3v) is 1.92. The van der Waals surface area contributed by atoms with Gasteiger partial charge in [0, 0.05) is 10.7 Å². The van der Waals surface area contributed by atoms with Gasteiger partial charge in [-0.1, -0.05) is 0 Å². The minimum absolute atomic E-state index is 0. The fourth-order valence-electron chi connectivity index (χ4n) is 0. The summed E-state index contributed by atoms with van der Waals surface area (Å²) in [6.45, 7) is 0. The van der Waals surface area contributed by atoms with Gasteiger partial charge in [-0.15, -0.1) is 0 Å². The van der Waals surface area contributed by atoms with Crippen molar-refractivity contribution in [3.63, 3.8) is 0 Å². The average molecular weight is 446 g/mol. The second kappa shape index (κ2) is 14.3. The van der Waals surface area contributed by atoms with E-state index in [2.05, 4.69) is 10.7 Å². The first-order valence-electron chi connectivity index (χ1n) is 3.17. The molecule has 6 nitrogen and oxygen atoms in total. The molecular formula is C3H3ClF6O6S3Zn. The molecule has 0 saturated carbocycles. The van der Waals surface area contributed by atoms with E-state index in [0.29, 0.717) is 0 Å². The molecular weight excluding hydrogens is 443 g/mol. The van der Waals surface area contributed by atoms with Crippen LogP contribution in [-0.4, -0.2) is 25.7 Å². The quantitative estimate of drug-likeness (QED) is 0.284. The summed E-state index contributed by atoms with van der Waals surface area (Å²) in [6.07, 6.45) is 0. The molecule has 0 N–H and O–H groups in total. The molecule has 0 atom stereocenters. The zero-order chi connectivity index (χ0) is 16.4. The third kappa shape index (κ3) is 26.8. The Morgan fingerprint density at radius 3 is 0.850 bits per heavy atom. The maximum absolute atomic E-state index is 10.8. The summed E-state index contributed by atoms with van der Waals surface area (Å²) in [6, 6.07) is 0. The van der Waals surface area contributed by atoms with Crippen molar-refractivity contribution < 1.29 is 71.1 Å². The van der Waals surface area contributed by atoms with E-state index in [-0.39, 0.29) is 19.5 Å². The van der Waals surface area contributed by atoms with Crippen LogP contribution in [0.2, 0.25) is 0 Å². The maximum Gasteiger partial charge on any atom is 2.00 e. The van der Waals surface area contributed by atoms with Gasteiger partial charge in [0.25, 0.3) is 9.05 Å². The predicted octanol–water partition coefficient (Wildman–Crippen LogP) is 1.81. The van der Waals surface area contributed by atoms with Crippen LogP contribution in [-0.2, 0) is 66.8 Å². The second-order valence-electron chi connectivity index (χ2n) is 1.78. The molecule has 120 valence electrons. The normalized spacial score (nSPS) is 10.8. The van der Waals surface area contributed by atoms with Gasteiger partial charge >= 0.3 is 25.2 Å². The molecule has 0 radical (unpaired) electrons. The van der Waals surface area contributed by atoms with Crippen LogP contribution in [0, 0.1) is 0 Å². The topological polar surface area (TPSA) is 102 Å². The fourth-order valence-corrected chi connectivity index (χ4v) is 0. The van der Waals surface area contributed by atoms with Crippen LogP contribution in [0.3, 0.4) is 0 Å². The van der Waals surface area contributed by atoms with Gasteiger partial charge < -0.3 is 16.8 Å². The summed E-state index contributed by atoms with van der Waals surface area (Å²) >= 11 is 0. The number of hydrogen-bond donors (Lipinski definition) is 0. The van der Waals surface area contributed by atoms with Gasteiger partial charge in [0.15, 0.2) is 0 Å². The minimum atomic E-state index is -4.60. The Hall–Kier alpha value is 0.343. The van der Waals surface area contributed by atoms with Crippen molar-refractivity contribution in [3.8, 4) is 0 Å². The van der Waals surface area contributed by atoms with Crippen molar-refractivity contribution in [2.45, 2.75) is 17.3 Å². The first kappa shape index (κ1) is 28.5.